The van der Waals surface area contributed by atoms with E-state index in [1.165, 1.54) is 44.1 Å². The van der Waals surface area contributed by atoms with Crippen molar-refractivity contribution >= 4 is 5.57 Å². The smallest absolute Gasteiger partial charge is 0.130 e. The van der Waals surface area contributed by atoms with Crippen LogP contribution in [0.4, 0.5) is 4.39 Å². The molecule has 118 valence electrons. The molecule has 1 aromatic carbocycles. The minimum Gasteiger partial charge on any atom is -0.206 e. The molecular formula is C21H27F. The zero-order chi connectivity index (χ0) is 15.4. The lowest BCUT2D eigenvalue weighted by Gasteiger charge is -2.34. The van der Waals surface area contributed by atoms with Crippen molar-refractivity contribution in [2.45, 2.75) is 57.8 Å². The second kappa shape index (κ2) is 7.26. The molecule has 2 aliphatic rings. The van der Waals surface area contributed by atoms with Gasteiger partial charge in [0.25, 0.3) is 0 Å². The number of hydrogen-bond acceptors (Lipinski definition) is 0. The molecule has 0 radical (unpaired) electrons. The number of hydrogen-bond donors (Lipinski definition) is 0. The summed E-state index contributed by atoms with van der Waals surface area (Å²) < 4.78 is 14.3. The molecule has 2 aliphatic carbocycles. The Morgan fingerprint density at radius 3 is 2.59 bits per heavy atom. The maximum absolute atomic E-state index is 14.3. The van der Waals surface area contributed by atoms with Crippen LogP contribution in [0.2, 0.25) is 0 Å². The van der Waals surface area contributed by atoms with Gasteiger partial charge in [-0.2, -0.15) is 0 Å². The summed E-state index contributed by atoms with van der Waals surface area (Å²) in [4.78, 5) is 0. The topological polar surface area (TPSA) is 0 Å². The highest BCUT2D eigenvalue weighted by molar-refractivity contribution is 5.70. The second-order valence-corrected chi connectivity index (χ2v) is 6.95. The van der Waals surface area contributed by atoms with E-state index in [1.807, 2.05) is 12.1 Å². The predicted octanol–water partition coefficient (Wildman–Crippen LogP) is 6.54. The van der Waals surface area contributed by atoms with E-state index in [4.69, 9.17) is 0 Å². The standard InChI is InChI=1S/C21H27F/c1-2-8-16-13-14-18(19-11-6-7-12-21(19)22)20(15-16)17-9-4-3-5-10-17/h2,6-7,11-12,16-17H,1,3-5,8-10,13-15H2. The summed E-state index contributed by atoms with van der Waals surface area (Å²) in [6.07, 6.45) is 13.2. The summed E-state index contributed by atoms with van der Waals surface area (Å²) in [7, 11) is 0. The highest BCUT2D eigenvalue weighted by atomic mass is 19.1. The van der Waals surface area contributed by atoms with Gasteiger partial charge in [-0.15, -0.1) is 6.58 Å². The van der Waals surface area contributed by atoms with Crippen LogP contribution in [0.3, 0.4) is 0 Å². The first-order valence-corrected chi connectivity index (χ1v) is 8.87. The quantitative estimate of drug-likeness (QED) is 0.554. The molecule has 0 saturated heterocycles. The van der Waals surface area contributed by atoms with Gasteiger partial charge in [0.05, 0.1) is 0 Å². The molecule has 0 amide bonds. The average molecular weight is 298 g/mol. The molecule has 0 N–H and O–H groups in total. The zero-order valence-electron chi connectivity index (χ0n) is 13.5. The van der Waals surface area contributed by atoms with Gasteiger partial charge in [0, 0.05) is 5.56 Å². The Bertz CT molecular complexity index is 549. The Kier molecular flexibility index (Phi) is 5.12. The summed E-state index contributed by atoms with van der Waals surface area (Å²) in [6, 6.07) is 7.35. The summed E-state index contributed by atoms with van der Waals surface area (Å²) in [5.41, 5.74) is 3.76. The van der Waals surface area contributed by atoms with E-state index in [2.05, 4.69) is 12.7 Å². The monoisotopic (exact) mass is 298 g/mol. The maximum atomic E-state index is 14.3. The Hall–Kier alpha value is -1.37. The third kappa shape index (κ3) is 3.34. The SMILES string of the molecule is C=CCC1CCC(c2ccccc2F)=C(C2CCCCC2)C1. The summed E-state index contributed by atoms with van der Waals surface area (Å²) in [5.74, 6) is 1.36. The summed E-state index contributed by atoms with van der Waals surface area (Å²) in [6.45, 7) is 3.91. The lowest BCUT2D eigenvalue weighted by Crippen LogP contribution is -2.18. The molecule has 3 rings (SSSR count). The van der Waals surface area contributed by atoms with Gasteiger partial charge in [-0.3, -0.25) is 0 Å². The average Bonchev–Trinajstić information content (AvgIpc) is 2.57. The van der Waals surface area contributed by atoms with Gasteiger partial charge >= 0.3 is 0 Å². The van der Waals surface area contributed by atoms with Crippen LogP contribution in [0.5, 0.6) is 0 Å². The maximum Gasteiger partial charge on any atom is 0.130 e. The van der Waals surface area contributed by atoms with Crippen LogP contribution in [0.25, 0.3) is 5.57 Å². The molecular weight excluding hydrogens is 271 g/mol. The Morgan fingerprint density at radius 1 is 1.09 bits per heavy atom. The molecule has 1 aromatic rings. The molecule has 0 aromatic heterocycles. The van der Waals surface area contributed by atoms with E-state index in [0.29, 0.717) is 11.8 Å². The summed E-state index contributed by atoms with van der Waals surface area (Å²) in [5, 5.41) is 0. The first-order chi connectivity index (χ1) is 10.8. The molecule has 0 bridgehead atoms. The van der Waals surface area contributed by atoms with E-state index < -0.39 is 0 Å². The molecule has 0 heterocycles. The third-order valence-electron chi connectivity index (χ3n) is 5.50. The Balaban J connectivity index is 1.96. The van der Waals surface area contributed by atoms with Crippen molar-refractivity contribution in [3.8, 4) is 0 Å². The molecule has 0 aliphatic heterocycles. The van der Waals surface area contributed by atoms with Gasteiger partial charge in [-0.25, -0.2) is 4.39 Å². The van der Waals surface area contributed by atoms with E-state index >= 15 is 0 Å². The zero-order valence-corrected chi connectivity index (χ0v) is 13.5. The molecule has 0 spiro atoms. The lowest BCUT2D eigenvalue weighted by molar-refractivity contribution is 0.364. The minimum absolute atomic E-state index is 0.0482. The van der Waals surface area contributed by atoms with Gasteiger partial charge in [0.2, 0.25) is 0 Å². The molecule has 0 nitrogen and oxygen atoms in total. The van der Waals surface area contributed by atoms with Crippen LogP contribution in [0, 0.1) is 17.7 Å². The first-order valence-electron chi connectivity index (χ1n) is 8.87. The fourth-order valence-electron chi connectivity index (χ4n) is 4.36. The van der Waals surface area contributed by atoms with Crippen molar-refractivity contribution in [1.82, 2.24) is 0 Å². The van der Waals surface area contributed by atoms with Crippen molar-refractivity contribution in [2.24, 2.45) is 11.8 Å². The molecule has 1 saturated carbocycles. The molecule has 22 heavy (non-hydrogen) atoms. The van der Waals surface area contributed by atoms with Crippen LogP contribution in [0.1, 0.15) is 63.4 Å². The van der Waals surface area contributed by atoms with E-state index in [9.17, 15) is 4.39 Å². The molecule has 1 heteroatoms. The Labute approximate surface area is 134 Å². The lowest BCUT2D eigenvalue weighted by atomic mass is 9.71. The second-order valence-electron chi connectivity index (χ2n) is 6.95. The van der Waals surface area contributed by atoms with Crippen molar-refractivity contribution in [2.75, 3.05) is 0 Å². The highest BCUT2D eigenvalue weighted by Gasteiger charge is 2.28. The molecule has 1 fully saturated rings. The van der Waals surface area contributed by atoms with E-state index in [1.54, 1.807) is 17.7 Å². The van der Waals surface area contributed by atoms with Crippen LogP contribution in [-0.4, -0.2) is 0 Å². The van der Waals surface area contributed by atoms with Crippen molar-refractivity contribution < 1.29 is 4.39 Å². The first kappa shape index (κ1) is 15.5. The summed E-state index contributed by atoms with van der Waals surface area (Å²) >= 11 is 0. The number of allylic oxidation sites excluding steroid dienone is 3. The van der Waals surface area contributed by atoms with Crippen LogP contribution < -0.4 is 0 Å². The van der Waals surface area contributed by atoms with Crippen molar-refractivity contribution in [1.29, 1.82) is 0 Å². The third-order valence-corrected chi connectivity index (χ3v) is 5.50. The molecule has 1 atom stereocenters. The normalized spacial score (nSPS) is 23.6. The highest BCUT2D eigenvalue weighted by Crippen LogP contribution is 2.44. The van der Waals surface area contributed by atoms with E-state index in [-0.39, 0.29) is 5.82 Å². The number of rotatable bonds is 4. The molecule has 1 unspecified atom stereocenters. The van der Waals surface area contributed by atoms with Gasteiger partial charge in [0.15, 0.2) is 0 Å². The number of halogens is 1. The fourth-order valence-corrected chi connectivity index (χ4v) is 4.36. The fraction of sp³-hybridized carbons (Fsp3) is 0.524. The van der Waals surface area contributed by atoms with Gasteiger partial charge in [-0.05, 0) is 62.0 Å². The van der Waals surface area contributed by atoms with Crippen LogP contribution >= 0.6 is 0 Å². The predicted molar refractivity (Wildman–Crippen MR) is 92.1 cm³/mol. The van der Waals surface area contributed by atoms with Gasteiger partial charge in [0.1, 0.15) is 5.82 Å². The Morgan fingerprint density at radius 2 is 1.86 bits per heavy atom. The van der Waals surface area contributed by atoms with Gasteiger partial charge in [-0.1, -0.05) is 49.1 Å². The van der Waals surface area contributed by atoms with E-state index in [0.717, 1.165) is 24.8 Å². The van der Waals surface area contributed by atoms with Crippen molar-refractivity contribution in [3.63, 3.8) is 0 Å². The van der Waals surface area contributed by atoms with Crippen LogP contribution in [-0.2, 0) is 0 Å². The van der Waals surface area contributed by atoms with Crippen LogP contribution in [0.15, 0.2) is 42.5 Å². The minimum atomic E-state index is -0.0482. The largest absolute Gasteiger partial charge is 0.206 e. The van der Waals surface area contributed by atoms with Crippen molar-refractivity contribution in [3.05, 3.63) is 53.9 Å². The van der Waals surface area contributed by atoms with Gasteiger partial charge < -0.3 is 0 Å². The number of benzene rings is 1.